The molecular weight excluding hydrogens is 478 g/mol. The fraction of sp³-hybridized carbons (Fsp3) is 0.273. The molecule has 176 valence electrons. The van der Waals surface area contributed by atoms with Crippen LogP contribution in [-0.2, 0) is 4.74 Å². The molecule has 2 aromatic heterocycles. The number of nitrogens with zero attached hydrogens (tertiary/aromatic N) is 3. The van der Waals surface area contributed by atoms with Crippen molar-refractivity contribution in [3.63, 3.8) is 0 Å². The Hall–Kier alpha value is -3.35. The average molecular weight is 500 g/mol. The Balaban J connectivity index is 1.22. The maximum Gasteiger partial charge on any atom is 0.289 e. The Morgan fingerprint density at radius 1 is 1.00 bits per heavy atom. The van der Waals surface area contributed by atoms with Crippen LogP contribution in [0.5, 0.6) is 11.5 Å². The van der Waals surface area contributed by atoms with Crippen LogP contribution in [0.25, 0.3) is 0 Å². The van der Waals surface area contributed by atoms with Gasteiger partial charge in [0.05, 0.1) is 18.8 Å². The molecule has 1 fully saturated rings. The molecule has 2 amide bonds. The number of amides is 2. The number of rotatable bonds is 5. The molecule has 0 saturated carbocycles. The van der Waals surface area contributed by atoms with Crippen molar-refractivity contribution in [1.29, 1.82) is 0 Å². The molecule has 10 nitrogen and oxygen atoms in total. The molecule has 2 N–H and O–H groups in total. The number of nitrogens with one attached hydrogen (secondary N) is 2. The van der Waals surface area contributed by atoms with Gasteiger partial charge in [-0.2, -0.15) is 0 Å². The summed E-state index contributed by atoms with van der Waals surface area (Å²) in [5.41, 5.74) is 5.46. The van der Waals surface area contributed by atoms with Crippen LogP contribution < -0.4 is 25.2 Å². The third-order valence-corrected chi connectivity index (χ3v) is 6.95. The molecule has 4 heterocycles. The highest BCUT2D eigenvalue weighted by molar-refractivity contribution is 7.99. The van der Waals surface area contributed by atoms with Gasteiger partial charge in [-0.1, -0.05) is 11.8 Å². The summed E-state index contributed by atoms with van der Waals surface area (Å²) >= 11 is 2.70. The Kier molecular flexibility index (Phi) is 6.79. The minimum Gasteiger partial charge on any atom is -0.486 e. The van der Waals surface area contributed by atoms with Crippen molar-refractivity contribution >= 4 is 40.0 Å². The van der Waals surface area contributed by atoms with Crippen molar-refractivity contribution in [1.82, 2.24) is 20.8 Å². The van der Waals surface area contributed by atoms with Crippen LogP contribution in [0, 0.1) is 0 Å². The van der Waals surface area contributed by atoms with Crippen LogP contribution in [-0.4, -0.2) is 61.3 Å². The molecule has 0 atom stereocenters. The Morgan fingerprint density at radius 3 is 2.65 bits per heavy atom. The standard InChI is InChI=1S/C22H21N5O5S2/c28-19(25-26-20(29)16-13-33-22(24-16)27-6-8-30-9-7-27)15-2-1-5-23-21(15)34-14-3-4-17-18(12-14)32-11-10-31-17/h1-5,12-13H,6-11H2,(H,25,28)(H,26,29). The number of hydrogen-bond donors (Lipinski definition) is 2. The van der Waals surface area contributed by atoms with Crippen molar-refractivity contribution < 1.29 is 23.8 Å². The zero-order valence-corrected chi connectivity index (χ0v) is 19.6. The molecule has 1 saturated heterocycles. The normalized spacial score (nSPS) is 15.0. The average Bonchev–Trinajstić information content (AvgIpc) is 3.38. The summed E-state index contributed by atoms with van der Waals surface area (Å²) < 4.78 is 16.5. The van der Waals surface area contributed by atoms with E-state index in [1.54, 1.807) is 23.7 Å². The number of thiazole rings is 1. The van der Waals surface area contributed by atoms with Gasteiger partial charge >= 0.3 is 0 Å². The van der Waals surface area contributed by atoms with E-state index in [0.717, 1.165) is 23.1 Å². The van der Waals surface area contributed by atoms with Crippen molar-refractivity contribution in [2.24, 2.45) is 0 Å². The number of benzene rings is 1. The molecule has 3 aromatic rings. The second kappa shape index (κ2) is 10.3. The summed E-state index contributed by atoms with van der Waals surface area (Å²) in [6.45, 7) is 3.74. The third kappa shape index (κ3) is 5.08. The molecule has 0 spiro atoms. The highest BCUT2D eigenvalue weighted by atomic mass is 32.2. The first-order chi connectivity index (χ1) is 16.7. The molecule has 2 aliphatic rings. The minimum atomic E-state index is -0.492. The summed E-state index contributed by atoms with van der Waals surface area (Å²) in [6, 6.07) is 8.88. The third-order valence-electron chi connectivity index (χ3n) is 5.04. The van der Waals surface area contributed by atoms with Gasteiger partial charge in [0.1, 0.15) is 23.9 Å². The van der Waals surface area contributed by atoms with Crippen LogP contribution >= 0.6 is 23.1 Å². The quantitative estimate of drug-likeness (QED) is 0.511. The van der Waals surface area contributed by atoms with Crippen LogP contribution in [0.4, 0.5) is 5.13 Å². The summed E-state index contributed by atoms with van der Waals surface area (Å²) in [4.78, 5) is 37.0. The number of carbonyl (C=O) groups excluding carboxylic acids is 2. The van der Waals surface area contributed by atoms with Gasteiger partial charge in [0.2, 0.25) is 0 Å². The number of morpholine rings is 1. The zero-order valence-electron chi connectivity index (χ0n) is 18.0. The first-order valence-electron chi connectivity index (χ1n) is 10.6. The smallest absolute Gasteiger partial charge is 0.289 e. The van der Waals surface area contributed by atoms with Gasteiger partial charge in [0, 0.05) is 29.6 Å². The van der Waals surface area contributed by atoms with E-state index < -0.39 is 11.8 Å². The van der Waals surface area contributed by atoms with Gasteiger partial charge in [-0.05, 0) is 30.3 Å². The molecule has 2 aliphatic heterocycles. The van der Waals surface area contributed by atoms with Gasteiger partial charge in [-0.3, -0.25) is 20.4 Å². The Bertz CT molecular complexity index is 1200. The van der Waals surface area contributed by atoms with Crippen LogP contribution in [0.15, 0.2) is 51.8 Å². The van der Waals surface area contributed by atoms with Crippen molar-refractivity contribution in [3.05, 3.63) is 53.2 Å². The summed E-state index contributed by atoms with van der Waals surface area (Å²) in [6.07, 6.45) is 1.61. The molecule has 0 bridgehead atoms. The molecule has 1 aromatic carbocycles. The van der Waals surface area contributed by atoms with Crippen LogP contribution in [0.3, 0.4) is 0 Å². The van der Waals surface area contributed by atoms with Crippen molar-refractivity contribution in [2.45, 2.75) is 9.92 Å². The number of anilines is 1. The van der Waals surface area contributed by atoms with Gasteiger partial charge in [0.15, 0.2) is 16.6 Å². The van der Waals surface area contributed by atoms with Crippen LogP contribution in [0.2, 0.25) is 0 Å². The molecule has 0 aliphatic carbocycles. The molecular formula is C22H21N5O5S2. The maximum atomic E-state index is 12.8. The molecule has 34 heavy (non-hydrogen) atoms. The van der Waals surface area contributed by atoms with Crippen molar-refractivity contribution in [3.8, 4) is 11.5 Å². The SMILES string of the molecule is O=C(NNC(=O)c1cccnc1Sc1ccc2c(c1)OCCO2)c1csc(N2CCOCC2)n1. The second-order valence-electron chi connectivity index (χ2n) is 7.29. The Labute approximate surface area is 203 Å². The minimum absolute atomic E-state index is 0.240. The Morgan fingerprint density at radius 2 is 1.79 bits per heavy atom. The van der Waals surface area contributed by atoms with E-state index in [4.69, 9.17) is 14.2 Å². The van der Waals surface area contributed by atoms with Crippen LogP contribution in [0.1, 0.15) is 20.8 Å². The number of fused-ring (bicyclic) bond motifs is 1. The molecule has 5 rings (SSSR count). The lowest BCUT2D eigenvalue weighted by molar-refractivity contribution is 0.0842. The lowest BCUT2D eigenvalue weighted by Gasteiger charge is -2.25. The van der Waals surface area contributed by atoms with E-state index in [-0.39, 0.29) is 5.69 Å². The number of hydrogen-bond acceptors (Lipinski definition) is 10. The fourth-order valence-corrected chi connectivity index (χ4v) is 5.13. The monoisotopic (exact) mass is 499 g/mol. The van der Waals surface area contributed by atoms with Crippen molar-refractivity contribution in [2.75, 3.05) is 44.4 Å². The van der Waals surface area contributed by atoms with E-state index in [9.17, 15) is 9.59 Å². The number of aromatic nitrogens is 2. The predicted molar refractivity (Wildman–Crippen MR) is 126 cm³/mol. The highest BCUT2D eigenvalue weighted by Gasteiger charge is 2.20. The van der Waals surface area contributed by atoms with Gasteiger partial charge < -0.3 is 19.1 Å². The predicted octanol–water partition coefficient (Wildman–Crippen LogP) is 2.37. The molecule has 0 radical (unpaired) electrons. The number of hydrazine groups is 1. The maximum absolute atomic E-state index is 12.8. The summed E-state index contributed by atoms with van der Waals surface area (Å²) in [5, 5.41) is 2.92. The van der Waals surface area contributed by atoms with Gasteiger partial charge in [-0.25, -0.2) is 9.97 Å². The topological polar surface area (TPSA) is 115 Å². The molecule has 12 heteroatoms. The van der Waals surface area contributed by atoms with Gasteiger partial charge in [0.25, 0.3) is 11.8 Å². The number of pyridine rings is 1. The largest absolute Gasteiger partial charge is 0.486 e. The van der Waals surface area contributed by atoms with E-state index in [1.165, 1.54) is 23.1 Å². The lowest BCUT2D eigenvalue weighted by Crippen LogP contribution is -2.42. The molecule has 0 unspecified atom stereocenters. The second-order valence-corrected chi connectivity index (χ2v) is 9.19. The fourth-order valence-electron chi connectivity index (χ4n) is 3.36. The first-order valence-corrected chi connectivity index (χ1v) is 12.3. The number of carbonyl (C=O) groups is 2. The van der Waals surface area contributed by atoms with E-state index >= 15 is 0 Å². The summed E-state index contributed by atoms with van der Waals surface area (Å²) in [7, 11) is 0. The van der Waals surface area contributed by atoms with E-state index in [2.05, 4.69) is 25.7 Å². The van der Waals surface area contributed by atoms with E-state index in [1.807, 2.05) is 18.2 Å². The first kappa shape index (κ1) is 22.4. The highest BCUT2D eigenvalue weighted by Crippen LogP contribution is 2.37. The lowest BCUT2D eigenvalue weighted by atomic mass is 10.3. The number of ether oxygens (including phenoxy) is 3. The van der Waals surface area contributed by atoms with Gasteiger partial charge in [-0.15, -0.1) is 11.3 Å². The van der Waals surface area contributed by atoms with E-state index in [0.29, 0.717) is 48.5 Å². The summed E-state index contributed by atoms with van der Waals surface area (Å²) in [5.74, 6) is 0.375. The zero-order chi connectivity index (χ0) is 23.3.